The molecule has 34 heavy (non-hydrogen) atoms. The number of benzene rings is 2. The summed E-state index contributed by atoms with van der Waals surface area (Å²) in [6.07, 6.45) is 1.04. The number of amides is 1. The average molecular weight is 483 g/mol. The minimum absolute atomic E-state index is 0.124. The molecule has 4 rings (SSSR count). The molecule has 1 aliphatic rings. The summed E-state index contributed by atoms with van der Waals surface area (Å²) in [7, 11) is 0. The number of aromatic hydroxyl groups is 1. The van der Waals surface area contributed by atoms with Gasteiger partial charge in [0.05, 0.1) is 11.4 Å². The van der Waals surface area contributed by atoms with Gasteiger partial charge in [-0.25, -0.2) is 4.39 Å². The van der Waals surface area contributed by atoms with Crippen LogP contribution in [0.4, 0.5) is 4.39 Å². The third-order valence-corrected chi connectivity index (χ3v) is 6.44. The lowest BCUT2D eigenvalue weighted by Crippen LogP contribution is -2.28. The predicted molar refractivity (Wildman–Crippen MR) is 131 cm³/mol. The molecule has 0 radical (unpaired) electrons. The summed E-state index contributed by atoms with van der Waals surface area (Å²) in [4.78, 5) is 19.8. The van der Waals surface area contributed by atoms with Crippen molar-refractivity contribution in [3.63, 3.8) is 0 Å². The highest BCUT2D eigenvalue weighted by molar-refractivity contribution is 6.32. The van der Waals surface area contributed by atoms with Gasteiger partial charge in [0.2, 0.25) is 5.91 Å². The third-order valence-electron chi connectivity index (χ3n) is 6.11. The lowest BCUT2D eigenvalue weighted by molar-refractivity contribution is -0.118. The first-order valence-corrected chi connectivity index (χ1v) is 11.7. The van der Waals surface area contributed by atoms with Gasteiger partial charge >= 0.3 is 0 Å². The zero-order valence-electron chi connectivity index (χ0n) is 19.0. The molecule has 0 aliphatic carbocycles. The minimum atomic E-state index is -1.04. The minimum Gasteiger partial charge on any atom is -0.508 e. The van der Waals surface area contributed by atoms with Gasteiger partial charge in [-0.15, -0.1) is 0 Å². The lowest BCUT2D eigenvalue weighted by atomic mass is 9.91. The molecule has 3 aromatic rings. The van der Waals surface area contributed by atoms with Crippen LogP contribution in [-0.4, -0.2) is 47.1 Å². The van der Waals surface area contributed by atoms with Crippen LogP contribution in [-0.2, 0) is 11.3 Å². The number of nitrogens with one attached hydrogen (secondary N) is 1. The highest BCUT2D eigenvalue weighted by Gasteiger charge is 2.28. The van der Waals surface area contributed by atoms with E-state index in [0.29, 0.717) is 17.9 Å². The van der Waals surface area contributed by atoms with E-state index in [9.17, 15) is 14.3 Å². The van der Waals surface area contributed by atoms with Gasteiger partial charge in [-0.05, 0) is 80.0 Å². The Balaban J connectivity index is 1.85. The zero-order valence-corrected chi connectivity index (χ0v) is 19.8. The van der Waals surface area contributed by atoms with E-state index >= 15 is 0 Å². The molecule has 4 N–H and O–H groups in total. The van der Waals surface area contributed by atoms with Crippen molar-refractivity contribution < 1.29 is 14.3 Å². The second kappa shape index (κ2) is 10.5. The molecule has 1 saturated heterocycles. The van der Waals surface area contributed by atoms with Gasteiger partial charge in [0.15, 0.2) is 0 Å². The van der Waals surface area contributed by atoms with E-state index in [1.54, 1.807) is 18.2 Å². The first-order valence-electron chi connectivity index (χ1n) is 11.3. The summed E-state index contributed by atoms with van der Waals surface area (Å²) in [6.45, 7) is 6.20. The Bertz CT molecular complexity index is 1180. The smallest absolute Gasteiger partial charge is 0.231 e. The summed E-state index contributed by atoms with van der Waals surface area (Å²) < 4.78 is 13.8. The largest absolute Gasteiger partial charge is 0.508 e. The summed E-state index contributed by atoms with van der Waals surface area (Å²) in [6, 6.07) is 13.0. The summed E-state index contributed by atoms with van der Waals surface area (Å²) in [5.74, 6) is -2.17. The maximum absolute atomic E-state index is 13.8. The number of carbonyl (C=O) groups is 1. The Hall–Kier alpha value is -3.00. The number of phenols is 1. The van der Waals surface area contributed by atoms with E-state index in [2.05, 4.69) is 10.2 Å². The number of rotatable bonds is 6. The molecule has 1 fully saturated rings. The average Bonchev–Trinajstić information content (AvgIpc) is 3.04. The number of halogens is 2. The van der Waals surface area contributed by atoms with Crippen LogP contribution in [0.5, 0.6) is 5.75 Å². The molecule has 1 unspecified atom stereocenters. The first kappa shape index (κ1) is 24.1. The Morgan fingerprint density at radius 1 is 1.24 bits per heavy atom. The predicted octanol–water partition coefficient (Wildman–Crippen LogP) is 3.97. The molecule has 178 valence electrons. The molecule has 0 saturated carbocycles. The van der Waals surface area contributed by atoms with E-state index in [-0.39, 0.29) is 22.2 Å². The Labute approximate surface area is 203 Å². The van der Waals surface area contributed by atoms with Crippen molar-refractivity contribution in [2.75, 3.05) is 26.2 Å². The number of aryl methyl sites for hydroxylation is 1. The molecular weight excluding hydrogens is 455 g/mol. The van der Waals surface area contributed by atoms with Crippen molar-refractivity contribution in [1.82, 2.24) is 15.2 Å². The molecule has 1 aromatic heterocycles. The topological polar surface area (TPSA) is 91.5 Å². The SMILES string of the molecule is Cc1cc(F)ccc1-c1cc(CN2CCCNCC2)cc(C(C(N)=O)c2c(O)cccc2Cl)n1. The van der Waals surface area contributed by atoms with Crippen LogP contribution in [0.2, 0.25) is 5.02 Å². The molecule has 1 amide bonds. The standard InChI is InChI=1S/C26H28ClFN4O2/c1-16-12-18(28)6-7-19(16)21-13-17(15-32-10-3-8-30-9-11-32)14-22(31-21)25(26(29)34)24-20(27)4-2-5-23(24)33/h2,4-7,12-14,25,30,33H,3,8-11,15H2,1H3,(H2,29,34). The monoisotopic (exact) mass is 482 g/mol. The normalized spacial score (nSPS) is 15.6. The zero-order chi connectivity index (χ0) is 24.2. The van der Waals surface area contributed by atoms with Crippen molar-refractivity contribution in [2.45, 2.75) is 25.8 Å². The molecule has 0 spiro atoms. The molecule has 2 heterocycles. The summed E-state index contributed by atoms with van der Waals surface area (Å²) in [5.41, 5.74) is 9.47. The third kappa shape index (κ3) is 5.38. The summed E-state index contributed by atoms with van der Waals surface area (Å²) in [5, 5.41) is 14.1. The van der Waals surface area contributed by atoms with Gasteiger partial charge in [-0.1, -0.05) is 17.7 Å². The quantitative estimate of drug-likeness (QED) is 0.494. The Morgan fingerprint density at radius 2 is 2.06 bits per heavy atom. The summed E-state index contributed by atoms with van der Waals surface area (Å²) >= 11 is 6.38. The molecular formula is C26H28ClFN4O2. The number of hydrogen-bond donors (Lipinski definition) is 3. The molecule has 6 nitrogen and oxygen atoms in total. The maximum Gasteiger partial charge on any atom is 0.231 e. The first-order chi connectivity index (χ1) is 16.3. The lowest BCUT2D eigenvalue weighted by Gasteiger charge is -2.22. The van der Waals surface area contributed by atoms with Gasteiger partial charge in [0.25, 0.3) is 0 Å². The highest BCUT2D eigenvalue weighted by atomic mass is 35.5. The van der Waals surface area contributed by atoms with E-state index in [4.69, 9.17) is 22.3 Å². The van der Waals surface area contributed by atoms with Crippen LogP contribution in [0.15, 0.2) is 48.5 Å². The van der Waals surface area contributed by atoms with Gasteiger partial charge in [-0.3, -0.25) is 14.7 Å². The van der Waals surface area contributed by atoms with Crippen molar-refractivity contribution in [2.24, 2.45) is 5.73 Å². The number of phenolic OH excluding ortho intramolecular Hbond substituents is 1. The van der Waals surface area contributed by atoms with E-state index in [1.165, 1.54) is 18.2 Å². The molecule has 0 bridgehead atoms. The second-order valence-corrected chi connectivity index (χ2v) is 9.04. The Morgan fingerprint density at radius 3 is 2.79 bits per heavy atom. The second-order valence-electron chi connectivity index (χ2n) is 8.63. The molecule has 1 atom stereocenters. The number of primary amides is 1. The van der Waals surface area contributed by atoms with Crippen molar-refractivity contribution in [1.29, 1.82) is 0 Å². The van der Waals surface area contributed by atoms with Crippen LogP contribution in [0, 0.1) is 12.7 Å². The van der Waals surface area contributed by atoms with Crippen molar-refractivity contribution in [3.8, 4) is 17.0 Å². The fraction of sp³-hybridized carbons (Fsp3) is 0.308. The van der Waals surface area contributed by atoms with Gasteiger partial charge in [0, 0.05) is 35.8 Å². The fourth-order valence-corrected chi connectivity index (χ4v) is 4.75. The maximum atomic E-state index is 13.8. The number of nitrogens with two attached hydrogens (primary N) is 1. The van der Waals surface area contributed by atoms with Gasteiger partial charge < -0.3 is 16.2 Å². The highest BCUT2D eigenvalue weighted by Crippen LogP contribution is 2.37. The number of pyridine rings is 1. The Kier molecular flexibility index (Phi) is 7.46. The van der Waals surface area contributed by atoms with Crippen LogP contribution < -0.4 is 11.1 Å². The van der Waals surface area contributed by atoms with Crippen molar-refractivity contribution >= 4 is 17.5 Å². The van der Waals surface area contributed by atoms with E-state index in [1.807, 2.05) is 19.1 Å². The number of hydrogen-bond acceptors (Lipinski definition) is 5. The number of carbonyl (C=O) groups excluding carboxylic acids is 1. The van der Waals surface area contributed by atoms with E-state index in [0.717, 1.165) is 49.3 Å². The van der Waals surface area contributed by atoms with Crippen LogP contribution >= 0.6 is 11.6 Å². The number of aromatic nitrogens is 1. The molecule has 8 heteroatoms. The van der Waals surface area contributed by atoms with Crippen LogP contribution in [0.3, 0.4) is 0 Å². The van der Waals surface area contributed by atoms with Crippen molar-refractivity contribution in [3.05, 3.63) is 81.8 Å². The van der Waals surface area contributed by atoms with Gasteiger partial charge in [0.1, 0.15) is 17.5 Å². The van der Waals surface area contributed by atoms with Gasteiger partial charge in [-0.2, -0.15) is 0 Å². The van der Waals surface area contributed by atoms with E-state index < -0.39 is 11.8 Å². The van der Waals surface area contributed by atoms with Crippen LogP contribution in [0.25, 0.3) is 11.3 Å². The molecule has 2 aromatic carbocycles. The van der Waals surface area contributed by atoms with Crippen LogP contribution in [0.1, 0.15) is 34.7 Å². The molecule has 1 aliphatic heterocycles. The fourth-order valence-electron chi connectivity index (χ4n) is 4.47. The number of nitrogens with zero attached hydrogens (tertiary/aromatic N) is 2.